The van der Waals surface area contributed by atoms with Crippen LogP contribution >= 0.6 is 0 Å². The van der Waals surface area contributed by atoms with E-state index in [0.717, 1.165) is 12.1 Å². The Morgan fingerprint density at radius 1 is 1.22 bits per heavy atom. The number of carbonyl (C=O) groups is 1. The van der Waals surface area contributed by atoms with Crippen LogP contribution < -0.4 is 0 Å². The van der Waals surface area contributed by atoms with Gasteiger partial charge in [-0.15, -0.1) is 0 Å². The van der Waals surface area contributed by atoms with Crippen LogP contribution in [0.5, 0.6) is 0 Å². The minimum atomic E-state index is -0.196. The maximum atomic E-state index is 12.0. The highest BCUT2D eigenvalue weighted by atomic mass is 16.5. The van der Waals surface area contributed by atoms with Crippen LogP contribution in [0.4, 0.5) is 0 Å². The third-order valence-electron chi connectivity index (χ3n) is 3.09. The van der Waals surface area contributed by atoms with Crippen LogP contribution in [-0.4, -0.2) is 29.5 Å². The van der Waals surface area contributed by atoms with Gasteiger partial charge in [0.15, 0.2) is 0 Å². The molecular formula is C15H23NO2. The number of ether oxygens (including phenoxy) is 1. The van der Waals surface area contributed by atoms with Crippen molar-refractivity contribution in [2.24, 2.45) is 0 Å². The summed E-state index contributed by atoms with van der Waals surface area (Å²) in [6.45, 7) is 9.33. The van der Waals surface area contributed by atoms with Crippen LogP contribution in [0.25, 0.3) is 0 Å². The van der Waals surface area contributed by atoms with Gasteiger partial charge in [0.25, 0.3) is 0 Å². The topological polar surface area (TPSA) is 29.5 Å². The molecule has 0 aliphatic rings. The summed E-state index contributed by atoms with van der Waals surface area (Å²) in [6.07, 6.45) is 0. The monoisotopic (exact) mass is 249 g/mol. The average Bonchev–Trinajstić information content (AvgIpc) is 2.37. The highest BCUT2D eigenvalue weighted by molar-refractivity contribution is 5.75. The van der Waals surface area contributed by atoms with E-state index in [2.05, 4.69) is 25.7 Å². The smallest absolute Gasteiger partial charge is 0.323 e. The van der Waals surface area contributed by atoms with Crippen molar-refractivity contribution < 1.29 is 9.53 Å². The normalized spacial score (nSPS) is 12.8. The van der Waals surface area contributed by atoms with Gasteiger partial charge in [-0.25, -0.2) is 0 Å². The van der Waals surface area contributed by atoms with Crippen LogP contribution in [0.2, 0.25) is 0 Å². The van der Waals surface area contributed by atoms with Gasteiger partial charge in [-0.2, -0.15) is 0 Å². The molecule has 3 heteroatoms. The fourth-order valence-electron chi connectivity index (χ4n) is 2.07. The van der Waals surface area contributed by atoms with E-state index in [-0.39, 0.29) is 12.0 Å². The lowest BCUT2D eigenvalue weighted by Crippen LogP contribution is -2.43. The number of likely N-dealkylation sites (N-methyl/N-ethyl adjacent to an activating group) is 1. The molecule has 1 aromatic carbocycles. The molecule has 0 radical (unpaired) electrons. The maximum Gasteiger partial charge on any atom is 0.323 e. The Hall–Kier alpha value is -1.35. The van der Waals surface area contributed by atoms with E-state index in [0.29, 0.717) is 12.6 Å². The van der Waals surface area contributed by atoms with Crippen molar-refractivity contribution in [3.63, 3.8) is 0 Å². The molecule has 100 valence electrons. The molecular weight excluding hydrogens is 226 g/mol. The van der Waals surface area contributed by atoms with E-state index in [1.807, 2.05) is 37.3 Å². The van der Waals surface area contributed by atoms with E-state index in [1.54, 1.807) is 0 Å². The Bertz CT molecular complexity index is 362. The van der Waals surface area contributed by atoms with Crippen molar-refractivity contribution in [3.05, 3.63) is 35.9 Å². The van der Waals surface area contributed by atoms with Crippen molar-refractivity contribution in [1.29, 1.82) is 0 Å². The van der Waals surface area contributed by atoms with Crippen LogP contribution in [0.1, 0.15) is 33.3 Å². The third kappa shape index (κ3) is 4.15. The summed E-state index contributed by atoms with van der Waals surface area (Å²) in [6, 6.07) is 9.90. The second-order valence-corrected chi connectivity index (χ2v) is 4.69. The summed E-state index contributed by atoms with van der Waals surface area (Å²) in [5, 5.41) is 0. The lowest BCUT2D eigenvalue weighted by Gasteiger charge is -2.29. The number of esters is 1. The van der Waals surface area contributed by atoms with Gasteiger partial charge in [0.2, 0.25) is 0 Å². The first-order valence-electron chi connectivity index (χ1n) is 6.52. The second kappa shape index (κ2) is 7.17. The predicted octanol–water partition coefficient (Wildman–Crippen LogP) is 2.85. The van der Waals surface area contributed by atoms with Gasteiger partial charge >= 0.3 is 5.97 Å². The summed E-state index contributed by atoms with van der Waals surface area (Å²) >= 11 is 0. The summed E-state index contributed by atoms with van der Waals surface area (Å²) in [5.41, 5.74) is 1.02. The Morgan fingerprint density at radius 2 is 1.83 bits per heavy atom. The van der Waals surface area contributed by atoms with Gasteiger partial charge in [0.05, 0.1) is 0 Å². The van der Waals surface area contributed by atoms with Crippen molar-refractivity contribution in [1.82, 2.24) is 4.90 Å². The summed E-state index contributed by atoms with van der Waals surface area (Å²) in [7, 11) is 0. The van der Waals surface area contributed by atoms with Crippen LogP contribution in [0.15, 0.2) is 30.3 Å². The van der Waals surface area contributed by atoms with E-state index in [1.165, 1.54) is 0 Å². The second-order valence-electron chi connectivity index (χ2n) is 4.69. The Morgan fingerprint density at radius 3 is 2.33 bits per heavy atom. The van der Waals surface area contributed by atoms with Gasteiger partial charge in [-0.3, -0.25) is 9.69 Å². The van der Waals surface area contributed by atoms with E-state index in [9.17, 15) is 4.79 Å². The average molecular weight is 249 g/mol. The molecule has 0 heterocycles. The number of hydrogen-bond acceptors (Lipinski definition) is 3. The highest BCUT2D eigenvalue weighted by Gasteiger charge is 2.23. The molecule has 0 bridgehead atoms. The lowest BCUT2D eigenvalue weighted by atomic mass is 10.2. The van der Waals surface area contributed by atoms with Crippen LogP contribution in [0, 0.1) is 0 Å². The fraction of sp³-hybridized carbons (Fsp3) is 0.533. The zero-order valence-electron chi connectivity index (χ0n) is 11.7. The lowest BCUT2D eigenvalue weighted by molar-refractivity contribution is -0.151. The summed E-state index contributed by atoms with van der Waals surface area (Å²) in [4.78, 5) is 14.1. The molecule has 1 atom stereocenters. The molecule has 3 nitrogen and oxygen atoms in total. The van der Waals surface area contributed by atoms with Crippen molar-refractivity contribution in [2.45, 2.75) is 46.4 Å². The summed E-state index contributed by atoms with van der Waals surface area (Å²) in [5.74, 6) is -0.158. The molecule has 0 aliphatic heterocycles. The van der Waals surface area contributed by atoms with E-state index < -0.39 is 0 Å². The van der Waals surface area contributed by atoms with Crippen LogP contribution in [0.3, 0.4) is 0 Å². The highest BCUT2D eigenvalue weighted by Crippen LogP contribution is 2.08. The van der Waals surface area contributed by atoms with Crippen molar-refractivity contribution in [2.75, 3.05) is 6.54 Å². The van der Waals surface area contributed by atoms with E-state index >= 15 is 0 Å². The number of carbonyl (C=O) groups excluding carboxylic acids is 1. The molecule has 1 rings (SSSR count). The van der Waals surface area contributed by atoms with Crippen LogP contribution in [-0.2, 0) is 16.1 Å². The minimum absolute atomic E-state index is 0.158. The molecule has 0 N–H and O–H groups in total. The van der Waals surface area contributed by atoms with Crippen molar-refractivity contribution >= 4 is 5.97 Å². The molecule has 0 amide bonds. The number of benzene rings is 1. The van der Waals surface area contributed by atoms with E-state index in [4.69, 9.17) is 4.74 Å². The third-order valence-corrected chi connectivity index (χ3v) is 3.09. The van der Waals surface area contributed by atoms with Gasteiger partial charge < -0.3 is 4.74 Å². The van der Waals surface area contributed by atoms with Gasteiger partial charge in [-0.1, -0.05) is 37.3 Å². The zero-order chi connectivity index (χ0) is 13.5. The molecule has 18 heavy (non-hydrogen) atoms. The van der Waals surface area contributed by atoms with Gasteiger partial charge in [-0.05, 0) is 32.9 Å². The molecule has 1 aromatic rings. The molecule has 0 saturated carbocycles. The Kier molecular flexibility index (Phi) is 5.86. The standard InChI is InChI=1S/C15H23NO2/c1-5-16(12(2)3)13(4)15(17)18-11-14-9-7-6-8-10-14/h6-10,12-13H,5,11H2,1-4H3. The minimum Gasteiger partial charge on any atom is -0.460 e. The largest absolute Gasteiger partial charge is 0.460 e. The Balaban J connectivity index is 2.50. The van der Waals surface area contributed by atoms with Gasteiger partial charge in [0, 0.05) is 6.04 Å². The molecule has 0 aromatic heterocycles. The number of hydrogen-bond donors (Lipinski definition) is 0. The fourth-order valence-corrected chi connectivity index (χ4v) is 2.07. The first kappa shape index (κ1) is 14.7. The molecule has 0 spiro atoms. The number of rotatable bonds is 6. The quantitative estimate of drug-likeness (QED) is 0.726. The first-order valence-corrected chi connectivity index (χ1v) is 6.52. The maximum absolute atomic E-state index is 12.0. The predicted molar refractivity (Wildman–Crippen MR) is 73.2 cm³/mol. The first-order chi connectivity index (χ1) is 8.56. The Labute approximate surface area is 110 Å². The summed E-state index contributed by atoms with van der Waals surface area (Å²) < 4.78 is 5.34. The zero-order valence-corrected chi connectivity index (χ0v) is 11.7. The molecule has 0 aliphatic carbocycles. The molecule has 0 saturated heterocycles. The van der Waals surface area contributed by atoms with Gasteiger partial charge in [0.1, 0.15) is 12.6 Å². The molecule has 1 unspecified atom stereocenters. The SMILES string of the molecule is CCN(C(C)C)C(C)C(=O)OCc1ccccc1. The van der Waals surface area contributed by atoms with Crippen molar-refractivity contribution in [3.8, 4) is 0 Å². The number of nitrogens with zero attached hydrogens (tertiary/aromatic N) is 1. The molecule has 0 fully saturated rings.